The van der Waals surface area contributed by atoms with Gasteiger partial charge >= 0.3 is 23.9 Å². The monoisotopic (exact) mass is 392 g/mol. The summed E-state index contributed by atoms with van der Waals surface area (Å²) in [6.45, 7) is -0.277. The molecule has 0 radical (unpaired) electrons. The van der Waals surface area contributed by atoms with Gasteiger partial charge in [0.05, 0.1) is 6.61 Å². The van der Waals surface area contributed by atoms with Crippen LogP contribution in [0.15, 0.2) is 12.7 Å². The van der Waals surface area contributed by atoms with E-state index in [1.807, 2.05) is 0 Å². The largest absolute Gasteiger partial charge is 0.463 e. The first-order valence-electron chi connectivity index (χ1n) is 10.4. The van der Waals surface area contributed by atoms with E-state index in [-0.39, 0.29) is 6.61 Å². The average molecular weight is 392 g/mol. The zero-order valence-electron chi connectivity index (χ0n) is 18.5. The molecular weight excluding hydrogens is 364 g/mol. The first-order valence-corrected chi connectivity index (χ1v) is 7.60. The lowest BCUT2D eigenvalue weighted by Crippen LogP contribution is -2.62. The normalized spacial score (nSPS) is 29.1. The average Bonchev–Trinajstić information content (AvgIpc) is 2.77. The quantitative estimate of drug-likeness (QED) is 0.323. The van der Waals surface area contributed by atoms with Crippen LogP contribution in [-0.4, -0.2) is 67.8 Å². The van der Waals surface area contributed by atoms with E-state index >= 15 is 0 Å². The molecule has 0 aromatic rings. The van der Waals surface area contributed by atoms with Gasteiger partial charge in [0.2, 0.25) is 6.29 Å². The highest BCUT2D eigenvalue weighted by Crippen LogP contribution is 2.29. The molecule has 0 amide bonds. The molecule has 1 unspecified atom stereocenters. The third-order valence-corrected chi connectivity index (χ3v) is 3.19. The molecule has 0 aromatic heterocycles. The topological polar surface area (TPSA) is 124 Å². The lowest BCUT2D eigenvalue weighted by Gasteiger charge is -2.43. The number of ether oxygens (including phenoxy) is 6. The van der Waals surface area contributed by atoms with Gasteiger partial charge < -0.3 is 28.4 Å². The molecule has 0 N–H and O–H groups in total. The Bertz CT molecular complexity index is 646. The highest BCUT2D eigenvalue weighted by atomic mass is 16.7. The Morgan fingerprint density at radius 1 is 0.926 bits per heavy atom. The van der Waals surface area contributed by atoms with Gasteiger partial charge in [-0.2, -0.15) is 0 Å². The van der Waals surface area contributed by atoms with Gasteiger partial charge in [-0.15, -0.1) is 6.58 Å². The number of esters is 4. The van der Waals surface area contributed by atoms with Crippen LogP contribution in [0, 0.1) is 0 Å². The molecule has 0 aliphatic carbocycles. The van der Waals surface area contributed by atoms with E-state index in [9.17, 15) is 19.2 Å². The predicted molar refractivity (Wildman–Crippen MR) is 88.1 cm³/mol. The van der Waals surface area contributed by atoms with Crippen LogP contribution < -0.4 is 0 Å². The first-order chi connectivity index (χ1) is 14.8. The van der Waals surface area contributed by atoms with Crippen LogP contribution in [0.2, 0.25) is 0 Å². The maximum absolute atomic E-state index is 11.9. The molecule has 1 aliphatic heterocycles. The highest BCUT2D eigenvalue weighted by Gasteiger charge is 2.52. The number of hydrogen-bond acceptors (Lipinski definition) is 10. The van der Waals surface area contributed by atoms with Crippen molar-refractivity contribution in [3.8, 4) is 0 Å². The maximum Gasteiger partial charge on any atom is 0.305 e. The zero-order valence-corrected chi connectivity index (χ0v) is 14.5. The summed E-state index contributed by atoms with van der Waals surface area (Å²) < 4.78 is 59.8. The van der Waals surface area contributed by atoms with Gasteiger partial charge in [0.1, 0.15) is 12.7 Å². The van der Waals surface area contributed by atoms with E-state index in [1.165, 1.54) is 6.08 Å². The van der Waals surface area contributed by atoms with Crippen molar-refractivity contribution in [2.45, 2.75) is 58.3 Å². The van der Waals surface area contributed by atoms with Crippen LogP contribution in [0.4, 0.5) is 0 Å². The Labute approximate surface area is 162 Å². The predicted octanol–water partition coefficient (Wildman–Crippen LogP) is 0.272. The van der Waals surface area contributed by atoms with Crippen molar-refractivity contribution in [1.29, 1.82) is 0 Å². The van der Waals surface area contributed by atoms with Crippen LogP contribution in [0.3, 0.4) is 0 Å². The lowest BCUT2D eigenvalue weighted by atomic mass is 9.98. The van der Waals surface area contributed by atoms with Crippen LogP contribution in [-0.2, 0) is 47.6 Å². The Balaban J connectivity index is 3.33. The van der Waals surface area contributed by atoms with E-state index in [2.05, 4.69) is 6.58 Å². The Hall–Kier alpha value is -2.46. The Kier molecular flexibility index (Phi) is 6.57. The van der Waals surface area contributed by atoms with Gasteiger partial charge in [-0.25, -0.2) is 0 Å². The number of hydrogen-bond donors (Lipinski definition) is 0. The zero-order chi connectivity index (χ0) is 23.4. The van der Waals surface area contributed by atoms with Crippen LogP contribution in [0.5, 0.6) is 0 Å². The van der Waals surface area contributed by atoms with E-state index in [1.54, 1.807) is 0 Å². The molecule has 0 spiro atoms. The molecule has 27 heavy (non-hydrogen) atoms. The van der Waals surface area contributed by atoms with Crippen molar-refractivity contribution in [2.24, 2.45) is 0 Å². The highest BCUT2D eigenvalue weighted by molar-refractivity contribution is 5.68. The Morgan fingerprint density at radius 3 is 2.11 bits per heavy atom. The van der Waals surface area contributed by atoms with Crippen LogP contribution >= 0.6 is 0 Å². The summed E-state index contributed by atoms with van der Waals surface area (Å²) in [4.78, 5) is 46.7. The van der Waals surface area contributed by atoms with Crippen molar-refractivity contribution in [2.75, 3.05) is 13.2 Å². The third kappa shape index (κ3) is 7.35. The molecule has 1 aliphatic rings. The molecule has 1 fully saturated rings. The molecule has 5 atom stereocenters. The molecule has 152 valence electrons. The third-order valence-electron chi connectivity index (χ3n) is 3.19. The smallest absolute Gasteiger partial charge is 0.305 e. The molecule has 1 saturated heterocycles. The summed E-state index contributed by atoms with van der Waals surface area (Å²) >= 11 is 0. The number of rotatable bonds is 8. The van der Waals surface area contributed by atoms with Crippen molar-refractivity contribution in [3.05, 3.63) is 12.7 Å². The van der Waals surface area contributed by atoms with Gasteiger partial charge in [-0.1, -0.05) is 6.08 Å². The molecule has 1 rings (SSSR count). The summed E-state index contributed by atoms with van der Waals surface area (Å²) in [5, 5.41) is 0. The summed E-state index contributed by atoms with van der Waals surface area (Å²) in [5.41, 5.74) is 0. The SMILES string of the molecule is [2H]CC(=O)OC[C@H]1OC(OC(=O)C[2H])[C@H](OCC=C)[C@@H](OC(=O)C[2H])[C@H]1OC(=O)C[2H]. The molecular formula is C17H24O10. The lowest BCUT2D eigenvalue weighted by molar-refractivity contribution is -0.303. The minimum Gasteiger partial charge on any atom is -0.463 e. The maximum atomic E-state index is 11.9. The van der Waals surface area contributed by atoms with Crippen LogP contribution in [0.25, 0.3) is 0 Å². The van der Waals surface area contributed by atoms with E-state index in [0.717, 1.165) is 0 Å². The molecule has 0 aromatic carbocycles. The van der Waals surface area contributed by atoms with E-state index in [4.69, 9.17) is 33.9 Å². The summed E-state index contributed by atoms with van der Waals surface area (Å²) in [5.74, 6) is -4.00. The van der Waals surface area contributed by atoms with E-state index in [0.29, 0.717) is 0 Å². The number of carbonyl (C=O) groups is 4. The van der Waals surface area contributed by atoms with Gasteiger partial charge in [0.25, 0.3) is 0 Å². The molecule has 0 bridgehead atoms. The second kappa shape index (κ2) is 10.6. The molecule has 10 heteroatoms. The Morgan fingerprint density at radius 2 is 1.52 bits per heavy atom. The van der Waals surface area contributed by atoms with Crippen LogP contribution in [0.1, 0.15) is 33.1 Å². The van der Waals surface area contributed by atoms with Gasteiger partial charge in [-0.05, 0) is 0 Å². The fourth-order valence-electron chi connectivity index (χ4n) is 2.35. The van der Waals surface area contributed by atoms with Crippen molar-refractivity contribution in [3.63, 3.8) is 0 Å². The minimum atomic E-state index is -1.56. The second-order valence-corrected chi connectivity index (χ2v) is 5.21. The standard InChI is InChI=1S/C17H24O10/c1-6-7-22-16-15(25-11(4)20)14(24-10(3)19)13(8-23-9(2)18)27-17(16)26-12(5)21/h6,13-17H,1,7-8H2,2-5H3/t13-,14+,15+,16-,17?/m1/s1/i2D,3D,4D,5D. The van der Waals surface area contributed by atoms with Crippen molar-refractivity contribution < 1.29 is 53.1 Å². The fourth-order valence-corrected chi connectivity index (χ4v) is 2.35. The number of carbonyl (C=O) groups excluding carboxylic acids is 4. The first kappa shape index (κ1) is 16.7. The second-order valence-electron chi connectivity index (χ2n) is 5.21. The summed E-state index contributed by atoms with van der Waals surface area (Å²) in [6, 6.07) is 0. The molecule has 0 saturated carbocycles. The summed E-state index contributed by atoms with van der Waals surface area (Å²) in [6.07, 6.45) is -5.89. The minimum absolute atomic E-state index is 0.129. The molecule has 1 heterocycles. The van der Waals surface area contributed by atoms with Crippen molar-refractivity contribution >= 4 is 23.9 Å². The fraction of sp³-hybridized carbons (Fsp3) is 0.647. The van der Waals surface area contributed by atoms with E-state index < -0.39 is 88.8 Å². The van der Waals surface area contributed by atoms with Crippen molar-refractivity contribution in [1.82, 2.24) is 0 Å². The van der Waals surface area contributed by atoms with Gasteiger partial charge in [-0.3, -0.25) is 19.2 Å². The molecule has 10 nitrogen and oxygen atoms in total. The van der Waals surface area contributed by atoms with Gasteiger partial charge in [0.15, 0.2) is 18.3 Å². The van der Waals surface area contributed by atoms with Gasteiger partial charge in [0, 0.05) is 33.1 Å². The summed E-state index contributed by atoms with van der Waals surface area (Å²) in [7, 11) is 0.